The van der Waals surface area contributed by atoms with E-state index in [0.717, 1.165) is 12.8 Å². The van der Waals surface area contributed by atoms with Crippen molar-refractivity contribution in [2.24, 2.45) is 0 Å². The third-order valence-corrected chi connectivity index (χ3v) is 2.14. The van der Waals surface area contributed by atoms with E-state index in [0.29, 0.717) is 0 Å². The van der Waals surface area contributed by atoms with Crippen LogP contribution in [0.1, 0.15) is 32.1 Å². The fraction of sp³-hybridized carbons (Fsp3) is 0.625. The molecule has 11 heavy (non-hydrogen) atoms. The molecule has 0 saturated heterocycles. The molecule has 0 aromatic rings. The molecule has 1 rings (SSSR count). The third kappa shape index (κ3) is 3.51. The number of rotatable bonds is 1. The molecule has 0 amide bonds. The van der Waals surface area contributed by atoms with E-state index in [1.165, 1.54) is 30.2 Å². The average Bonchev–Trinajstić information content (AvgIpc) is 2.03. The highest BCUT2D eigenvalue weighted by molar-refractivity contribution is 7.82. The summed E-state index contributed by atoms with van der Waals surface area (Å²) in [7, 11) is 0. The van der Waals surface area contributed by atoms with Crippen molar-refractivity contribution in [3.05, 3.63) is 16.7 Å². The third-order valence-electron chi connectivity index (χ3n) is 1.82. The summed E-state index contributed by atoms with van der Waals surface area (Å²) in [6, 6.07) is 0. The fourth-order valence-electron chi connectivity index (χ4n) is 1.26. The summed E-state index contributed by atoms with van der Waals surface area (Å²) in [5, 5.41) is 1.22. The van der Waals surface area contributed by atoms with E-state index >= 15 is 0 Å². The van der Waals surface area contributed by atoms with Gasteiger partial charge in [0.25, 0.3) is 0 Å². The molecule has 1 N–H and O–H groups in total. The fourth-order valence-corrected chi connectivity index (χ4v) is 1.52. The number of hydrogen-bond donors (Lipinski definition) is 1. The van der Waals surface area contributed by atoms with Crippen LogP contribution in [-0.2, 0) is 11.1 Å². The Hall–Kier alpha value is -0.370. The second-order valence-electron chi connectivity index (χ2n) is 2.70. The van der Waals surface area contributed by atoms with Crippen LogP contribution in [0.15, 0.2) is 16.7 Å². The molecule has 0 aromatic heterocycles. The van der Waals surface area contributed by atoms with Gasteiger partial charge in [-0.15, -0.1) is 5.73 Å². The lowest BCUT2D eigenvalue weighted by molar-refractivity contribution is 0.574. The van der Waals surface area contributed by atoms with Crippen LogP contribution in [0.4, 0.5) is 0 Å². The molecular formula is C8H12O2S. The van der Waals surface area contributed by atoms with Crippen molar-refractivity contribution in [3.63, 3.8) is 0 Å². The largest absolute Gasteiger partial charge is 0.302 e. The molecule has 0 aromatic carbocycles. The van der Waals surface area contributed by atoms with Crippen LogP contribution < -0.4 is 0 Å². The van der Waals surface area contributed by atoms with Crippen molar-refractivity contribution in [1.82, 2.24) is 0 Å². The maximum atomic E-state index is 10.2. The van der Waals surface area contributed by atoms with Crippen molar-refractivity contribution < 1.29 is 8.76 Å². The molecule has 1 atom stereocenters. The van der Waals surface area contributed by atoms with Crippen molar-refractivity contribution in [2.75, 3.05) is 0 Å². The minimum absolute atomic E-state index is 1.05. The van der Waals surface area contributed by atoms with Crippen LogP contribution in [0.2, 0.25) is 0 Å². The monoisotopic (exact) mass is 172 g/mol. The number of allylic oxidation sites excluding steroid dienone is 1. The summed E-state index contributed by atoms with van der Waals surface area (Å²) >= 11 is -1.82. The Bertz CT molecular complexity index is 206. The smallest absolute Gasteiger partial charge is 0.186 e. The molecule has 0 heterocycles. The summed E-state index contributed by atoms with van der Waals surface area (Å²) in [6.07, 6.45) is 5.79. The van der Waals surface area contributed by atoms with Crippen molar-refractivity contribution in [2.45, 2.75) is 32.1 Å². The van der Waals surface area contributed by atoms with Gasteiger partial charge in [0, 0.05) is 0 Å². The maximum absolute atomic E-state index is 10.2. The molecule has 0 bridgehead atoms. The van der Waals surface area contributed by atoms with Crippen molar-refractivity contribution in [1.29, 1.82) is 0 Å². The highest BCUT2D eigenvalue weighted by Gasteiger charge is 2.03. The minimum Gasteiger partial charge on any atom is -0.302 e. The summed E-state index contributed by atoms with van der Waals surface area (Å²) < 4.78 is 18.6. The SMILES string of the molecule is O=S(O)C=C=C1CCCCC1. The van der Waals surface area contributed by atoms with E-state index in [1.54, 1.807) is 0 Å². The molecule has 1 aliphatic carbocycles. The molecule has 0 spiro atoms. The Kier molecular flexibility index (Phi) is 3.57. The first-order valence-electron chi connectivity index (χ1n) is 3.83. The van der Waals surface area contributed by atoms with Gasteiger partial charge in [-0.2, -0.15) is 0 Å². The Morgan fingerprint density at radius 2 is 2.00 bits per heavy atom. The quantitative estimate of drug-likeness (QED) is 0.486. The first-order valence-corrected chi connectivity index (χ1v) is 5.00. The zero-order valence-corrected chi connectivity index (χ0v) is 7.19. The van der Waals surface area contributed by atoms with Gasteiger partial charge in [0.2, 0.25) is 0 Å². The van der Waals surface area contributed by atoms with Gasteiger partial charge in [-0.05, 0) is 31.3 Å². The highest BCUT2D eigenvalue weighted by Crippen LogP contribution is 2.21. The molecule has 0 radical (unpaired) electrons. The Morgan fingerprint density at radius 1 is 1.36 bits per heavy atom. The summed E-state index contributed by atoms with van der Waals surface area (Å²) in [6.45, 7) is 0. The first-order chi connectivity index (χ1) is 5.29. The standard InChI is InChI=1S/C8H12O2S/c9-11(10)7-6-8-4-2-1-3-5-8/h7H,1-5H2,(H,9,10). The van der Waals surface area contributed by atoms with Crippen molar-refractivity contribution >= 4 is 11.1 Å². The average molecular weight is 172 g/mol. The van der Waals surface area contributed by atoms with Gasteiger partial charge in [-0.3, -0.25) is 0 Å². The van der Waals surface area contributed by atoms with E-state index < -0.39 is 11.1 Å². The molecule has 3 heteroatoms. The van der Waals surface area contributed by atoms with E-state index in [1.807, 2.05) is 0 Å². The van der Waals surface area contributed by atoms with Gasteiger partial charge in [-0.1, -0.05) is 6.42 Å². The van der Waals surface area contributed by atoms with E-state index in [9.17, 15) is 4.21 Å². The Labute approximate surface area is 69.3 Å². The van der Waals surface area contributed by atoms with E-state index in [-0.39, 0.29) is 0 Å². The predicted molar refractivity (Wildman–Crippen MR) is 45.5 cm³/mol. The molecule has 1 fully saturated rings. The molecule has 1 unspecified atom stereocenters. The van der Waals surface area contributed by atoms with Gasteiger partial charge >= 0.3 is 0 Å². The van der Waals surface area contributed by atoms with Gasteiger partial charge < -0.3 is 4.55 Å². The lowest BCUT2D eigenvalue weighted by Crippen LogP contribution is -1.91. The van der Waals surface area contributed by atoms with Crippen LogP contribution in [0, 0.1) is 0 Å². The second kappa shape index (κ2) is 4.50. The Morgan fingerprint density at radius 3 is 2.55 bits per heavy atom. The first kappa shape index (κ1) is 8.72. The van der Waals surface area contributed by atoms with Gasteiger partial charge in [0.05, 0.1) is 5.41 Å². The second-order valence-corrected chi connectivity index (χ2v) is 3.49. The van der Waals surface area contributed by atoms with E-state index in [4.69, 9.17) is 4.55 Å². The van der Waals surface area contributed by atoms with Crippen LogP contribution in [0.3, 0.4) is 0 Å². The zero-order chi connectivity index (χ0) is 8.10. The van der Waals surface area contributed by atoms with E-state index in [2.05, 4.69) is 5.73 Å². The number of hydrogen-bond acceptors (Lipinski definition) is 1. The normalized spacial score (nSPS) is 20.6. The summed E-state index contributed by atoms with van der Waals surface area (Å²) in [4.78, 5) is 0. The molecule has 1 aliphatic rings. The highest BCUT2D eigenvalue weighted by atomic mass is 32.2. The summed E-state index contributed by atoms with van der Waals surface area (Å²) in [5.74, 6) is 0. The lowest BCUT2D eigenvalue weighted by atomic mass is 9.96. The molecule has 0 aliphatic heterocycles. The van der Waals surface area contributed by atoms with Crippen LogP contribution in [0.25, 0.3) is 0 Å². The van der Waals surface area contributed by atoms with Crippen LogP contribution >= 0.6 is 0 Å². The molecule has 2 nitrogen and oxygen atoms in total. The van der Waals surface area contributed by atoms with Gasteiger partial charge in [0.1, 0.15) is 0 Å². The Balaban J connectivity index is 2.56. The zero-order valence-electron chi connectivity index (χ0n) is 6.38. The lowest BCUT2D eigenvalue weighted by Gasteiger charge is -2.09. The van der Waals surface area contributed by atoms with Gasteiger partial charge in [0.15, 0.2) is 11.1 Å². The molecule has 1 saturated carbocycles. The minimum atomic E-state index is -1.82. The predicted octanol–water partition coefficient (Wildman–Crippen LogP) is 2.21. The summed E-state index contributed by atoms with van der Waals surface area (Å²) in [5.41, 5.74) is 4.06. The van der Waals surface area contributed by atoms with Crippen LogP contribution in [-0.4, -0.2) is 8.76 Å². The van der Waals surface area contributed by atoms with Crippen LogP contribution in [0.5, 0.6) is 0 Å². The van der Waals surface area contributed by atoms with Crippen molar-refractivity contribution in [3.8, 4) is 0 Å². The topological polar surface area (TPSA) is 37.3 Å². The molecule has 62 valence electrons. The van der Waals surface area contributed by atoms with Gasteiger partial charge in [-0.25, -0.2) is 4.21 Å². The molecular weight excluding hydrogens is 160 g/mol. The maximum Gasteiger partial charge on any atom is 0.186 e.